The molecule has 0 unspecified atom stereocenters. The number of pyridine rings is 1. The Kier molecular flexibility index (Phi) is 4.88. The fourth-order valence-corrected chi connectivity index (χ4v) is 3.18. The van der Waals surface area contributed by atoms with Gasteiger partial charge in [0.25, 0.3) is 0 Å². The van der Waals surface area contributed by atoms with E-state index in [1.165, 1.54) is 24.1 Å². The molecule has 1 aromatic carbocycles. The Labute approximate surface area is 134 Å². The van der Waals surface area contributed by atoms with Crippen molar-refractivity contribution in [3.8, 4) is 0 Å². The maximum atomic E-state index is 4.19. The molecule has 0 amide bonds. The van der Waals surface area contributed by atoms with E-state index in [9.17, 15) is 0 Å². The maximum Gasteiger partial charge on any atom is 0.0486 e. The molecule has 1 saturated heterocycles. The Morgan fingerprint density at radius 2 is 1.95 bits per heavy atom. The topological polar surface area (TPSA) is 28.2 Å². The van der Waals surface area contributed by atoms with Gasteiger partial charge in [-0.2, -0.15) is 0 Å². The molecule has 3 nitrogen and oxygen atoms in total. The Morgan fingerprint density at radius 3 is 2.67 bits per heavy atom. The van der Waals surface area contributed by atoms with E-state index in [0.717, 1.165) is 24.1 Å². The van der Waals surface area contributed by atoms with Gasteiger partial charge in [-0.1, -0.05) is 18.2 Å². The van der Waals surface area contributed by atoms with Gasteiger partial charge in [-0.15, -0.1) is 0 Å². The molecule has 0 aliphatic carbocycles. The van der Waals surface area contributed by atoms with Gasteiger partial charge < -0.3 is 5.32 Å². The molecule has 21 heavy (non-hydrogen) atoms. The number of likely N-dealkylation sites (tertiary alicyclic amines) is 1. The first-order valence-corrected chi connectivity index (χ1v) is 8.23. The lowest BCUT2D eigenvalue weighted by Crippen LogP contribution is -2.38. The summed E-state index contributed by atoms with van der Waals surface area (Å²) in [5.41, 5.74) is 2.50. The van der Waals surface area contributed by atoms with Gasteiger partial charge in [0.1, 0.15) is 0 Å². The molecule has 0 spiro atoms. The van der Waals surface area contributed by atoms with E-state index >= 15 is 0 Å². The lowest BCUT2D eigenvalue weighted by atomic mass is 10.0. The number of anilines is 1. The van der Waals surface area contributed by atoms with Crippen molar-refractivity contribution in [2.75, 3.05) is 18.4 Å². The van der Waals surface area contributed by atoms with Crippen molar-refractivity contribution in [2.24, 2.45) is 0 Å². The van der Waals surface area contributed by atoms with Crippen molar-refractivity contribution in [1.29, 1.82) is 0 Å². The molecule has 0 radical (unpaired) electrons. The second-order valence-corrected chi connectivity index (χ2v) is 6.39. The molecule has 1 N–H and O–H groups in total. The molecule has 1 fully saturated rings. The quantitative estimate of drug-likeness (QED) is 0.910. The third-order valence-electron chi connectivity index (χ3n) is 3.95. The first-order chi connectivity index (χ1) is 10.3. The second kappa shape index (κ2) is 7.05. The molecule has 0 atom stereocenters. The van der Waals surface area contributed by atoms with Crippen LogP contribution in [0.2, 0.25) is 0 Å². The Morgan fingerprint density at radius 1 is 1.14 bits per heavy atom. The van der Waals surface area contributed by atoms with Crippen LogP contribution < -0.4 is 5.32 Å². The van der Waals surface area contributed by atoms with Crippen LogP contribution in [0.15, 0.2) is 53.3 Å². The predicted octanol–water partition coefficient (Wildman–Crippen LogP) is 3.92. The van der Waals surface area contributed by atoms with Crippen LogP contribution in [-0.2, 0) is 6.54 Å². The first-order valence-electron chi connectivity index (χ1n) is 7.43. The molecule has 110 valence electrons. The zero-order valence-electron chi connectivity index (χ0n) is 12.0. The summed E-state index contributed by atoms with van der Waals surface area (Å²) in [6.45, 7) is 3.28. The number of nitrogens with one attached hydrogen (secondary N) is 1. The zero-order valence-corrected chi connectivity index (χ0v) is 13.6. The number of hydrogen-bond donors (Lipinski definition) is 1. The minimum atomic E-state index is 0.564. The molecule has 3 rings (SSSR count). The van der Waals surface area contributed by atoms with Crippen LogP contribution in [0.25, 0.3) is 0 Å². The van der Waals surface area contributed by atoms with E-state index < -0.39 is 0 Å². The van der Waals surface area contributed by atoms with Crippen molar-refractivity contribution in [3.63, 3.8) is 0 Å². The minimum Gasteiger partial charge on any atom is -0.381 e. The number of para-hydroxylation sites is 1. The normalized spacial score (nSPS) is 16.8. The van der Waals surface area contributed by atoms with Gasteiger partial charge in [0.2, 0.25) is 0 Å². The molecule has 0 bridgehead atoms. The SMILES string of the molecule is Brc1ccccc1NC1CCN(Cc2cccnc2)CC1. The van der Waals surface area contributed by atoms with Crippen LogP contribution in [0.5, 0.6) is 0 Å². The highest BCUT2D eigenvalue weighted by atomic mass is 79.9. The van der Waals surface area contributed by atoms with E-state index in [4.69, 9.17) is 0 Å². The molecule has 1 aliphatic rings. The number of halogens is 1. The molecule has 1 aliphatic heterocycles. The fraction of sp³-hybridized carbons (Fsp3) is 0.353. The van der Waals surface area contributed by atoms with E-state index in [-0.39, 0.29) is 0 Å². The highest BCUT2D eigenvalue weighted by molar-refractivity contribution is 9.10. The van der Waals surface area contributed by atoms with Crippen molar-refractivity contribution < 1.29 is 0 Å². The number of rotatable bonds is 4. The van der Waals surface area contributed by atoms with Crippen LogP contribution in [-0.4, -0.2) is 29.0 Å². The van der Waals surface area contributed by atoms with Crippen molar-refractivity contribution >= 4 is 21.6 Å². The van der Waals surface area contributed by atoms with E-state index in [1.807, 2.05) is 24.5 Å². The van der Waals surface area contributed by atoms with Gasteiger partial charge in [-0.25, -0.2) is 0 Å². The summed E-state index contributed by atoms with van der Waals surface area (Å²) in [6.07, 6.45) is 6.16. The molecule has 1 aromatic heterocycles. The van der Waals surface area contributed by atoms with Gasteiger partial charge in [0, 0.05) is 48.2 Å². The smallest absolute Gasteiger partial charge is 0.0486 e. The summed E-state index contributed by atoms with van der Waals surface area (Å²) in [5, 5.41) is 3.65. The van der Waals surface area contributed by atoms with Crippen LogP contribution in [0.1, 0.15) is 18.4 Å². The van der Waals surface area contributed by atoms with Gasteiger partial charge in [-0.05, 0) is 52.5 Å². The number of aromatic nitrogens is 1. The van der Waals surface area contributed by atoms with Crippen LogP contribution in [0, 0.1) is 0 Å². The van der Waals surface area contributed by atoms with E-state index in [0.29, 0.717) is 6.04 Å². The third-order valence-corrected chi connectivity index (χ3v) is 4.64. The number of nitrogens with zero attached hydrogens (tertiary/aromatic N) is 2. The van der Waals surface area contributed by atoms with Crippen molar-refractivity contribution in [3.05, 3.63) is 58.8 Å². The fourth-order valence-electron chi connectivity index (χ4n) is 2.78. The lowest BCUT2D eigenvalue weighted by Gasteiger charge is -2.33. The predicted molar refractivity (Wildman–Crippen MR) is 90.3 cm³/mol. The van der Waals surface area contributed by atoms with E-state index in [1.54, 1.807) is 0 Å². The zero-order chi connectivity index (χ0) is 14.5. The summed E-state index contributed by atoms with van der Waals surface area (Å²) in [7, 11) is 0. The maximum absolute atomic E-state index is 4.19. The van der Waals surface area contributed by atoms with Crippen LogP contribution in [0.3, 0.4) is 0 Å². The summed E-state index contributed by atoms with van der Waals surface area (Å²) in [5.74, 6) is 0. The highest BCUT2D eigenvalue weighted by Crippen LogP contribution is 2.24. The highest BCUT2D eigenvalue weighted by Gasteiger charge is 2.19. The lowest BCUT2D eigenvalue weighted by molar-refractivity contribution is 0.211. The summed E-state index contributed by atoms with van der Waals surface area (Å²) < 4.78 is 1.14. The van der Waals surface area contributed by atoms with E-state index in [2.05, 4.69) is 55.4 Å². The summed E-state index contributed by atoms with van der Waals surface area (Å²) >= 11 is 3.60. The number of benzene rings is 1. The Bertz CT molecular complexity index is 565. The molecule has 2 aromatic rings. The van der Waals surface area contributed by atoms with Gasteiger partial charge in [-0.3, -0.25) is 9.88 Å². The average molecular weight is 346 g/mol. The van der Waals surface area contributed by atoms with Crippen molar-refractivity contribution in [1.82, 2.24) is 9.88 Å². The Hall–Kier alpha value is -1.39. The van der Waals surface area contributed by atoms with Gasteiger partial charge in [0.15, 0.2) is 0 Å². The van der Waals surface area contributed by atoms with Crippen LogP contribution in [0.4, 0.5) is 5.69 Å². The number of hydrogen-bond acceptors (Lipinski definition) is 3. The Balaban J connectivity index is 1.50. The minimum absolute atomic E-state index is 0.564. The molecule has 0 saturated carbocycles. The van der Waals surface area contributed by atoms with Crippen LogP contribution >= 0.6 is 15.9 Å². The molecular weight excluding hydrogens is 326 g/mol. The number of piperidine rings is 1. The monoisotopic (exact) mass is 345 g/mol. The largest absolute Gasteiger partial charge is 0.381 e. The molecule has 4 heteroatoms. The average Bonchev–Trinajstić information content (AvgIpc) is 2.52. The molecule has 2 heterocycles. The van der Waals surface area contributed by atoms with Gasteiger partial charge >= 0.3 is 0 Å². The first kappa shape index (κ1) is 14.5. The second-order valence-electron chi connectivity index (χ2n) is 5.54. The molecular formula is C17H20BrN3. The van der Waals surface area contributed by atoms with Gasteiger partial charge in [0.05, 0.1) is 0 Å². The van der Waals surface area contributed by atoms with Crippen molar-refractivity contribution in [2.45, 2.75) is 25.4 Å². The summed E-state index contributed by atoms with van der Waals surface area (Å²) in [4.78, 5) is 6.70. The third kappa shape index (κ3) is 4.05. The summed E-state index contributed by atoms with van der Waals surface area (Å²) in [6, 6.07) is 13.1. The standard InChI is InChI=1S/C17H20BrN3/c18-16-5-1-2-6-17(16)20-15-7-10-21(11-8-15)13-14-4-3-9-19-12-14/h1-6,9,12,15,20H,7-8,10-11,13H2.